The average Bonchev–Trinajstić information content (AvgIpc) is 3.74. The van der Waals surface area contributed by atoms with Gasteiger partial charge in [-0.05, 0) is 68.5 Å². The number of ether oxygens (including phenoxy) is 1. The molecule has 13 nitrogen and oxygen atoms in total. The van der Waals surface area contributed by atoms with Crippen LogP contribution in [0.2, 0.25) is 0 Å². The van der Waals surface area contributed by atoms with Crippen molar-refractivity contribution in [2.45, 2.75) is 57.8 Å². The van der Waals surface area contributed by atoms with E-state index >= 15 is 0 Å². The van der Waals surface area contributed by atoms with Gasteiger partial charge in [-0.2, -0.15) is 5.10 Å². The average molecular weight is 661 g/mol. The second-order valence-electron chi connectivity index (χ2n) is 13.5. The van der Waals surface area contributed by atoms with E-state index in [2.05, 4.69) is 48.7 Å². The summed E-state index contributed by atoms with van der Waals surface area (Å²) in [6.07, 6.45) is 11.5. The lowest BCUT2D eigenvalue weighted by atomic mass is 9.98. The molecule has 9 rings (SSSR count). The number of carbonyl (C=O) groups excluding carboxylic acids is 1. The molecule has 0 radical (unpaired) electrons. The molecule has 49 heavy (non-hydrogen) atoms. The van der Waals surface area contributed by atoms with Gasteiger partial charge in [0.1, 0.15) is 17.3 Å². The minimum absolute atomic E-state index is 0.0841. The first-order valence-corrected chi connectivity index (χ1v) is 17.3. The van der Waals surface area contributed by atoms with Crippen LogP contribution in [-0.2, 0) is 30.7 Å². The zero-order valence-corrected chi connectivity index (χ0v) is 27.6. The van der Waals surface area contributed by atoms with Crippen LogP contribution in [0.1, 0.15) is 47.1 Å². The van der Waals surface area contributed by atoms with E-state index in [9.17, 15) is 9.90 Å². The van der Waals surface area contributed by atoms with Crippen LogP contribution in [0.15, 0.2) is 55.1 Å². The van der Waals surface area contributed by atoms with Gasteiger partial charge in [0.05, 0.1) is 49.1 Å². The van der Waals surface area contributed by atoms with Gasteiger partial charge in [0, 0.05) is 74.2 Å². The summed E-state index contributed by atoms with van der Waals surface area (Å²) in [4.78, 5) is 34.5. The number of aromatic nitrogens is 6. The minimum atomic E-state index is -0.295. The van der Waals surface area contributed by atoms with Gasteiger partial charge in [-0.1, -0.05) is 0 Å². The Kier molecular flexibility index (Phi) is 7.55. The molecule has 0 bridgehead atoms. The highest BCUT2D eigenvalue weighted by molar-refractivity contribution is 6.06. The summed E-state index contributed by atoms with van der Waals surface area (Å²) in [6.45, 7) is 7.83. The predicted octanol–water partition coefficient (Wildman–Crippen LogP) is 3.67. The number of rotatable bonds is 7. The zero-order valence-electron chi connectivity index (χ0n) is 27.6. The Labute approximate surface area is 284 Å². The molecule has 2 fully saturated rings. The largest absolute Gasteiger partial charge is 0.392 e. The van der Waals surface area contributed by atoms with E-state index in [4.69, 9.17) is 14.8 Å². The molecule has 0 aromatic carbocycles. The van der Waals surface area contributed by atoms with Crippen LogP contribution < -0.4 is 15.1 Å². The Bertz CT molecular complexity index is 2030. The number of imidazole rings is 1. The molecule has 3 aliphatic heterocycles. The Hall–Kier alpha value is -4.85. The van der Waals surface area contributed by atoms with Gasteiger partial charge in [-0.25, -0.2) is 19.5 Å². The summed E-state index contributed by atoms with van der Waals surface area (Å²) in [7, 11) is 0. The lowest BCUT2D eigenvalue weighted by Crippen LogP contribution is -2.59. The Balaban J connectivity index is 0.991. The lowest BCUT2D eigenvalue weighted by Gasteiger charge is -2.46. The van der Waals surface area contributed by atoms with Crippen molar-refractivity contribution in [3.63, 3.8) is 0 Å². The number of fused-ring (bicyclic) bond motifs is 4. The topological polar surface area (TPSA) is 129 Å². The van der Waals surface area contributed by atoms with Crippen molar-refractivity contribution in [2.24, 2.45) is 0 Å². The quantitative estimate of drug-likeness (QED) is 0.267. The number of aryl methyl sites for hydroxylation is 1. The summed E-state index contributed by atoms with van der Waals surface area (Å²) in [6, 6.07) is 10.9. The maximum atomic E-state index is 13.9. The molecular formula is C36H40N10O3. The normalized spacial score (nSPS) is 20.0. The number of pyridine rings is 2. The third-order valence-electron chi connectivity index (χ3n) is 10.6. The van der Waals surface area contributed by atoms with Gasteiger partial charge in [0.2, 0.25) is 0 Å². The molecule has 252 valence electrons. The van der Waals surface area contributed by atoms with Gasteiger partial charge in [0.25, 0.3) is 5.91 Å². The molecule has 1 atom stereocenters. The summed E-state index contributed by atoms with van der Waals surface area (Å²) in [5.74, 6) is 1.07. The van der Waals surface area contributed by atoms with Crippen molar-refractivity contribution in [3.8, 4) is 11.3 Å². The van der Waals surface area contributed by atoms with E-state index in [1.165, 1.54) is 11.3 Å². The minimum Gasteiger partial charge on any atom is -0.392 e. The molecular weight excluding hydrogens is 620 g/mol. The van der Waals surface area contributed by atoms with Crippen LogP contribution in [0.4, 0.5) is 23.0 Å². The number of carbonyl (C=O) groups is 1. The first kappa shape index (κ1) is 30.2. The van der Waals surface area contributed by atoms with Gasteiger partial charge in [-0.3, -0.25) is 14.6 Å². The van der Waals surface area contributed by atoms with Gasteiger partial charge >= 0.3 is 0 Å². The van der Waals surface area contributed by atoms with Crippen molar-refractivity contribution in [1.82, 2.24) is 34.0 Å². The number of nitrogens with one attached hydrogen (secondary N) is 1. The number of amides is 1. The van der Waals surface area contributed by atoms with E-state index in [0.29, 0.717) is 65.0 Å². The van der Waals surface area contributed by atoms with Crippen LogP contribution in [0.3, 0.4) is 0 Å². The van der Waals surface area contributed by atoms with E-state index in [0.717, 1.165) is 69.9 Å². The fraction of sp³-hybridized carbons (Fsp3) is 0.417. The molecule has 0 unspecified atom stereocenters. The molecule has 2 saturated heterocycles. The highest BCUT2D eigenvalue weighted by Crippen LogP contribution is 2.35. The Morgan fingerprint density at radius 3 is 2.69 bits per heavy atom. The molecule has 8 heterocycles. The van der Waals surface area contributed by atoms with Crippen LogP contribution >= 0.6 is 0 Å². The summed E-state index contributed by atoms with van der Waals surface area (Å²) < 4.78 is 9.31. The summed E-state index contributed by atoms with van der Waals surface area (Å²) >= 11 is 0. The van der Waals surface area contributed by atoms with Crippen molar-refractivity contribution in [3.05, 3.63) is 77.6 Å². The molecule has 0 spiro atoms. The summed E-state index contributed by atoms with van der Waals surface area (Å²) in [5, 5.41) is 19.0. The molecule has 5 aromatic rings. The third-order valence-corrected chi connectivity index (χ3v) is 10.6. The maximum Gasteiger partial charge on any atom is 0.276 e. The summed E-state index contributed by atoms with van der Waals surface area (Å²) in [5.41, 5.74) is 7.63. The number of hydrogen-bond acceptors (Lipinski definition) is 10. The number of hydrogen-bond donors (Lipinski definition) is 2. The van der Waals surface area contributed by atoms with Gasteiger partial charge < -0.3 is 24.6 Å². The zero-order chi connectivity index (χ0) is 33.1. The van der Waals surface area contributed by atoms with Crippen LogP contribution in [0.25, 0.3) is 16.9 Å². The number of aliphatic hydroxyl groups is 1. The Morgan fingerprint density at radius 1 is 1.00 bits per heavy atom. The van der Waals surface area contributed by atoms with Gasteiger partial charge in [0.15, 0.2) is 5.65 Å². The number of piperazine rings is 1. The van der Waals surface area contributed by atoms with E-state index in [1.54, 1.807) is 28.0 Å². The number of aliphatic hydroxyl groups excluding tert-OH is 1. The van der Waals surface area contributed by atoms with Crippen LogP contribution in [-0.4, -0.2) is 96.5 Å². The molecule has 1 aliphatic carbocycles. The third kappa shape index (κ3) is 5.23. The molecule has 1 amide bonds. The van der Waals surface area contributed by atoms with Crippen LogP contribution in [0.5, 0.6) is 0 Å². The van der Waals surface area contributed by atoms with Gasteiger partial charge in [-0.15, -0.1) is 0 Å². The first-order chi connectivity index (χ1) is 24.1. The van der Waals surface area contributed by atoms with Crippen molar-refractivity contribution >= 4 is 34.6 Å². The smallest absolute Gasteiger partial charge is 0.276 e. The molecule has 0 saturated carbocycles. The van der Waals surface area contributed by atoms with E-state index in [1.807, 2.05) is 24.4 Å². The predicted molar refractivity (Wildman–Crippen MR) is 185 cm³/mol. The van der Waals surface area contributed by atoms with Crippen LogP contribution in [0, 0.1) is 0 Å². The molecule has 4 aliphatic rings. The monoisotopic (exact) mass is 660 g/mol. The number of anilines is 4. The standard InChI is InChI=1S/C36H40N10O3/c1-23-19-42(26-21-49-22-26)12-13-43(23)25-6-7-33(39-18-25)40-30-17-29(41-46-11-10-38-35(30)46)27-8-9-37-34(28(27)20-47)45-15-14-44-31-5-3-2-4-24(31)16-32(44)36(45)48/h6-11,16-18,23,26,47H,2-5,12-15,19-22H2,1H3,(H,39,40)/t23-/m0/s1. The SMILES string of the molecule is C[C@H]1CN(C2COC2)CCN1c1ccc(Nc2cc(-c3ccnc(N4CCn5c(cc6c5CCCC6)C4=O)c3CO)nn3ccnc23)nc1. The Morgan fingerprint density at radius 2 is 1.90 bits per heavy atom. The molecule has 13 heteroatoms. The lowest BCUT2D eigenvalue weighted by molar-refractivity contribution is -0.0691. The first-order valence-electron chi connectivity index (χ1n) is 17.3. The molecule has 5 aromatic heterocycles. The second kappa shape index (κ2) is 12.2. The van der Waals surface area contributed by atoms with Crippen molar-refractivity contribution < 1.29 is 14.6 Å². The number of nitrogens with zero attached hydrogens (tertiary/aromatic N) is 9. The highest BCUT2D eigenvalue weighted by atomic mass is 16.5. The fourth-order valence-corrected chi connectivity index (χ4v) is 7.99. The molecule has 2 N–H and O–H groups in total. The van der Waals surface area contributed by atoms with E-state index < -0.39 is 0 Å². The second-order valence-corrected chi connectivity index (χ2v) is 13.5. The maximum absolute atomic E-state index is 13.9. The highest BCUT2D eigenvalue weighted by Gasteiger charge is 2.34. The van der Waals surface area contributed by atoms with Crippen molar-refractivity contribution in [2.75, 3.05) is 54.5 Å². The van der Waals surface area contributed by atoms with E-state index in [-0.39, 0.29) is 12.5 Å². The van der Waals surface area contributed by atoms with Crippen molar-refractivity contribution in [1.29, 1.82) is 0 Å². The fourth-order valence-electron chi connectivity index (χ4n) is 7.99.